The van der Waals surface area contributed by atoms with Crippen molar-refractivity contribution in [1.82, 2.24) is 9.55 Å². The predicted molar refractivity (Wildman–Crippen MR) is 70.7 cm³/mol. The van der Waals surface area contributed by atoms with Gasteiger partial charge in [-0.05, 0) is 17.7 Å². The third kappa shape index (κ3) is 2.80. The van der Waals surface area contributed by atoms with E-state index in [1.807, 2.05) is 12.1 Å². The van der Waals surface area contributed by atoms with Crippen LogP contribution in [-0.4, -0.2) is 18.9 Å². The second kappa shape index (κ2) is 5.65. The van der Waals surface area contributed by atoms with Gasteiger partial charge in [0, 0.05) is 12.1 Å². The van der Waals surface area contributed by atoms with Crippen molar-refractivity contribution in [3.8, 4) is 0 Å². The van der Waals surface area contributed by atoms with Crippen molar-refractivity contribution in [2.75, 3.05) is 0 Å². The van der Waals surface area contributed by atoms with Gasteiger partial charge in [-0.15, -0.1) is 0 Å². The molecule has 4 nitrogen and oxygen atoms in total. The topological polar surface area (TPSA) is 55.1 Å². The summed E-state index contributed by atoms with van der Waals surface area (Å²) >= 11 is 5.79. The Morgan fingerprint density at radius 1 is 1.39 bits per heavy atom. The average Bonchev–Trinajstić information content (AvgIpc) is 2.73. The minimum Gasteiger partial charge on any atom is -0.390 e. The Kier molecular flexibility index (Phi) is 4.16. The number of halogens is 1. The smallest absolute Gasteiger partial charge is 0.199 e. The number of aliphatic hydroxyl groups excluding tert-OH is 1. The lowest BCUT2D eigenvalue weighted by atomic mass is 10.2. The molecule has 6 heteroatoms. The van der Waals surface area contributed by atoms with Crippen LogP contribution < -0.4 is 0 Å². The molecular formula is C12H13ClN2O2S. The fourth-order valence-corrected chi connectivity index (χ4v) is 2.92. The molecule has 0 amide bonds. The highest BCUT2D eigenvalue weighted by molar-refractivity contribution is 7.84. The van der Waals surface area contributed by atoms with Crippen molar-refractivity contribution in [1.29, 1.82) is 0 Å². The van der Waals surface area contributed by atoms with Crippen LogP contribution in [0.4, 0.5) is 0 Å². The average molecular weight is 285 g/mol. The lowest BCUT2D eigenvalue weighted by Gasteiger charge is -2.04. The van der Waals surface area contributed by atoms with Gasteiger partial charge in [0.15, 0.2) is 5.16 Å². The molecule has 0 aliphatic heterocycles. The molecule has 2 rings (SSSR count). The Bertz CT molecular complexity index is 566. The first-order valence-electron chi connectivity index (χ1n) is 5.36. The number of rotatable bonds is 4. The molecule has 1 heterocycles. The summed E-state index contributed by atoms with van der Waals surface area (Å²) in [7, 11) is 0.508. The standard InChI is InChI=1S/C12H13ClN2O2S/c1-15-11(7-16)6-14-12(15)18(17)8-9-2-4-10(13)5-3-9/h2-6,16H,7-8H2,1H3/t18-/m0/s1. The zero-order valence-electron chi connectivity index (χ0n) is 9.84. The van der Waals surface area contributed by atoms with E-state index in [0.29, 0.717) is 21.6 Å². The van der Waals surface area contributed by atoms with E-state index in [9.17, 15) is 4.21 Å². The SMILES string of the molecule is Cn1c(CO)cnc1[S@@](=O)Cc1ccc(Cl)cc1. The first-order valence-corrected chi connectivity index (χ1v) is 7.05. The van der Waals surface area contributed by atoms with E-state index in [1.54, 1.807) is 23.7 Å². The molecule has 1 aromatic carbocycles. The number of aromatic nitrogens is 2. The first-order chi connectivity index (χ1) is 8.61. The van der Waals surface area contributed by atoms with Crippen molar-refractivity contribution in [2.24, 2.45) is 7.05 Å². The molecule has 0 saturated carbocycles. The van der Waals surface area contributed by atoms with Crippen LogP contribution in [0, 0.1) is 0 Å². The number of hydrogen-bond acceptors (Lipinski definition) is 3. The van der Waals surface area contributed by atoms with Gasteiger partial charge in [-0.2, -0.15) is 0 Å². The molecule has 0 fully saturated rings. The van der Waals surface area contributed by atoms with Gasteiger partial charge in [-0.1, -0.05) is 23.7 Å². The first kappa shape index (κ1) is 13.3. The fraction of sp³-hybridized carbons (Fsp3) is 0.250. The summed E-state index contributed by atoms with van der Waals surface area (Å²) in [5, 5.41) is 10.2. The third-order valence-corrected chi connectivity index (χ3v) is 4.25. The zero-order valence-corrected chi connectivity index (χ0v) is 11.4. The molecule has 0 aliphatic carbocycles. The van der Waals surface area contributed by atoms with Gasteiger partial charge in [0.1, 0.15) is 0 Å². The van der Waals surface area contributed by atoms with Crippen molar-refractivity contribution in [3.63, 3.8) is 0 Å². The van der Waals surface area contributed by atoms with Gasteiger partial charge in [0.05, 0.1) is 35.1 Å². The minimum atomic E-state index is -1.24. The largest absolute Gasteiger partial charge is 0.390 e. The molecule has 1 N–H and O–H groups in total. The molecule has 0 aliphatic rings. The highest BCUT2D eigenvalue weighted by Crippen LogP contribution is 2.15. The molecule has 1 atom stereocenters. The van der Waals surface area contributed by atoms with Crippen molar-refractivity contribution in [2.45, 2.75) is 17.5 Å². The van der Waals surface area contributed by atoms with E-state index in [1.165, 1.54) is 6.20 Å². The number of hydrogen-bond donors (Lipinski definition) is 1. The van der Waals surface area contributed by atoms with Crippen LogP contribution in [0.3, 0.4) is 0 Å². The Morgan fingerprint density at radius 3 is 2.61 bits per heavy atom. The van der Waals surface area contributed by atoms with Crippen molar-refractivity contribution in [3.05, 3.63) is 46.7 Å². The lowest BCUT2D eigenvalue weighted by Crippen LogP contribution is -2.06. The molecule has 0 unspecified atom stereocenters. The van der Waals surface area contributed by atoms with Crippen molar-refractivity contribution >= 4 is 22.4 Å². The number of aliphatic hydroxyl groups is 1. The summed E-state index contributed by atoms with van der Waals surface area (Å²) < 4.78 is 13.8. The predicted octanol–water partition coefficient (Wildman–Crippen LogP) is 1.87. The fourth-order valence-electron chi connectivity index (χ4n) is 1.58. The Morgan fingerprint density at radius 2 is 2.06 bits per heavy atom. The number of nitrogens with zero attached hydrogens (tertiary/aromatic N) is 2. The van der Waals surface area contributed by atoms with E-state index in [0.717, 1.165) is 5.56 Å². The van der Waals surface area contributed by atoms with E-state index in [4.69, 9.17) is 16.7 Å². The summed E-state index contributed by atoms with van der Waals surface area (Å²) in [6, 6.07) is 7.23. The summed E-state index contributed by atoms with van der Waals surface area (Å²) in [5.41, 5.74) is 1.58. The van der Waals surface area contributed by atoms with Gasteiger partial charge < -0.3 is 9.67 Å². The third-order valence-electron chi connectivity index (χ3n) is 2.62. The van der Waals surface area contributed by atoms with Gasteiger partial charge in [0.25, 0.3) is 0 Å². The van der Waals surface area contributed by atoms with Crippen LogP contribution in [0.2, 0.25) is 5.02 Å². The Hall–Kier alpha value is -1.17. The highest BCUT2D eigenvalue weighted by atomic mass is 35.5. The molecule has 1 aromatic heterocycles. The van der Waals surface area contributed by atoms with E-state index < -0.39 is 10.8 Å². The zero-order chi connectivity index (χ0) is 13.1. The Labute approximate surface area is 113 Å². The quantitative estimate of drug-likeness (QED) is 0.933. The molecule has 96 valence electrons. The van der Waals surface area contributed by atoms with Gasteiger partial charge in [0.2, 0.25) is 0 Å². The van der Waals surface area contributed by atoms with Crippen molar-refractivity contribution < 1.29 is 9.32 Å². The second-order valence-corrected chi connectivity index (χ2v) is 5.65. The molecule has 2 aromatic rings. The lowest BCUT2D eigenvalue weighted by molar-refractivity contribution is 0.271. The number of imidazole rings is 1. The maximum atomic E-state index is 12.2. The van der Waals surface area contributed by atoms with Gasteiger partial charge in [-0.25, -0.2) is 4.98 Å². The van der Waals surface area contributed by atoms with Crippen LogP contribution in [-0.2, 0) is 30.2 Å². The van der Waals surface area contributed by atoms with Crippen LogP contribution >= 0.6 is 11.6 Å². The molecule has 18 heavy (non-hydrogen) atoms. The maximum Gasteiger partial charge on any atom is 0.199 e. The Balaban J connectivity index is 2.16. The van der Waals surface area contributed by atoms with Gasteiger partial charge in [-0.3, -0.25) is 4.21 Å². The van der Waals surface area contributed by atoms with E-state index in [-0.39, 0.29) is 6.61 Å². The molecular weight excluding hydrogens is 272 g/mol. The van der Waals surface area contributed by atoms with Crippen LogP contribution in [0.5, 0.6) is 0 Å². The summed E-state index contributed by atoms with van der Waals surface area (Å²) in [5.74, 6) is 0.382. The van der Waals surface area contributed by atoms with Crippen LogP contribution in [0.15, 0.2) is 35.6 Å². The summed E-state index contributed by atoms with van der Waals surface area (Å²) in [6.07, 6.45) is 1.54. The van der Waals surface area contributed by atoms with E-state index in [2.05, 4.69) is 4.98 Å². The van der Waals surface area contributed by atoms with E-state index >= 15 is 0 Å². The molecule has 0 spiro atoms. The van der Waals surface area contributed by atoms with Crippen LogP contribution in [0.25, 0.3) is 0 Å². The van der Waals surface area contributed by atoms with Gasteiger partial charge >= 0.3 is 0 Å². The van der Waals surface area contributed by atoms with Crippen LogP contribution in [0.1, 0.15) is 11.3 Å². The maximum absolute atomic E-state index is 12.2. The minimum absolute atomic E-state index is 0.109. The monoisotopic (exact) mass is 284 g/mol. The summed E-state index contributed by atoms with van der Waals surface area (Å²) in [4.78, 5) is 4.08. The summed E-state index contributed by atoms with van der Waals surface area (Å²) in [6.45, 7) is -0.109. The molecule has 0 saturated heterocycles. The normalized spacial score (nSPS) is 12.6. The second-order valence-electron chi connectivity index (χ2n) is 3.87. The molecule has 0 bridgehead atoms. The number of benzene rings is 1. The molecule has 0 radical (unpaired) electrons. The highest BCUT2D eigenvalue weighted by Gasteiger charge is 2.13.